The molecule has 2 amide bonds. The molecule has 0 saturated carbocycles. The van der Waals surface area contributed by atoms with Crippen molar-refractivity contribution in [2.75, 3.05) is 0 Å². The highest BCUT2D eigenvalue weighted by Gasteiger charge is 2.22. The number of aryl methyl sites for hydroxylation is 3. The summed E-state index contributed by atoms with van der Waals surface area (Å²) in [5.41, 5.74) is 6.99. The van der Waals surface area contributed by atoms with Gasteiger partial charge in [0.2, 0.25) is 0 Å². The molecule has 0 aliphatic heterocycles. The molecule has 2 aromatic rings. The molecule has 6 nitrogen and oxygen atoms in total. The van der Waals surface area contributed by atoms with Gasteiger partial charge in [-0.15, -0.1) is 11.3 Å². The summed E-state index contributed by atoms with van der Waals surface area (Å²) in [7, 11) is 0. The first kappa shape index (κ1) is 15.7. The van der Waals surface area contributed by atoms with Gasteiger partial charge in [0.25, 0.3) is 11.8 Å². The Morgan fingerprint density at radius 3 is 2.74 bits per heavy atom. The second kappa shape index (κ2) is 6.16. The summed E-state index contributed by atoms with van der Waals surface area (Å²) >= 11 is 1.51. The molecule has 0 aromatic carbocycles. The van der Waals surface area contributed by atoms with Crippen LogP contribution in [-0.4, -0.2) is 17.0 Å². The summed E-state index contributed by atoms with van der Waals surface area (Å²) in [5, 5.41) is 3.73. The Bertz CT molecular complexity index is 743. The first-order valence-electron chi connectivity index (χ1n) is 7.61. The molecule has 0 spiro atoms. The molecule has 1 aliphatic rings. The van der Waals surface area contributed by atoms with Crippen LogP contribution in [0.4, 0.5) is 0 Å². The van der Waals surface area contributed by atoms with Gasteiger partial charge in [-0.2, -0.15) is 0 Å². The number of fused-ring (bicyclic) bond motifs is 1. The highest BCUT2D eigenvalue weighted by atomic mass is 32.1. The number of amides is 2. The van der Waals surface area contributed by atoms with E-state index in [0.717, 1.165) is 19.3 Å². The number of carbonyl (C=O) groups is 2. The Kier molecular flexibility index (Phi) is 4.21. The first-order valence-corrected chi connectivity index (χ1v) is 8.42. The van der Waals surface area contributed by atoms with E-state index in [2.05, 4.69) is 22.9 Å². The van der Waals surface area contributed by atoms with E-state index in [9.17, 15) is 9.59 Å². The third-order valence-corrected chi connectivity index (χ3v) is 5.34. The van der Waals surface area contributed by atoms with Crippen LogP contribution in [0.1, 0.15) is 55.3 Å². The largest absolute Gasteiger partial charge is 0.361 e. The lowest BCUT2D eigenvalue weighted by molar-refractivity contribution is 0.0847. The second-order valence-electron chi connectivity index (χ2n) is 6.01. The molecular formula is C16H19N3O3S. The lowest BCUT2D eigenvalue weighted by atomic mass is 9.90. The van der Waals surface area contributed by atoms with Crippen molar-refractivity contribution in [2.45, 2.75) is 40.0 Å². The van der Waals surface area contributed by atoms with E-state index in [-0.39, 0.29) is 5.91 Å². The fourth-order valence-electron chi connectivity index (χ4n) is 2.86. The zero-order chi connectivity index (χ0) is 16.6. The molecule has 7 heteroatoms. The van der Waals surface area contributed by atoms with Crippen LogP contribution in [0, 0.1) is 19.8 Å². The smallest absolute Gasteiger partial charge is 0.279 e. The Morgan fingerprint density at radius 1 is 1.30 bits per heavy atom. The number of hydrogen-bond donors (Lipinski definition) is 2. The molecule has 2 N–H and O–H groups in total. The van der Waals surface area contributed by atoms with Crippen LogP contribution >= 0.6 is 11.3 Å². The molecule has 23 heavy (non-hydrogen) atoms. The summed E-state index contributed by atoms with van der Waals surface area (Å²) in [4.78, 5) is 26.2. The summed E-state index contributed by atoms with van der Waals surface area (Å²) in [6.07, 6.45) is 3.21. The SMILES string of the molecule is Cc1noc(C)c1C(=O)NNC(=O)c1cc2c(s1)CCC(C)C2. The highest BCUT2D eigenvalue weighted by Crippen LogP contribution is 2.32. The number of thiophene rings is 1. The van der Waals surface area contributed by atoms with Crippen molar-refractivity contribution in [1.29, 1.82) is 0 Å². The first-order chi connectivity index (χ1) is 11.0. The molecule has 0 fully saturated rings. The molecule has 1 aliphatic carbocycles. The Labute approximate surface area is 138 Å². The second-order valence-corrected chi connectivity index (χ2v) is 7.15. The van der Waals surface area contributed by atoms with Gasteiger partial charge in [-0.3, -0.25) is 20.4 Å². The van der Waals surface area contributed by atoms with Crippen LogP contribution in [0.2, 0.25) is 0 Å². The third kappa shape index (κ3) is 3.14. The fourth-order valence-corrected chi connectivity index (χ4v) is 3.97. The van der Waals surface area contributed by atoms with E-state index < -0.39 is 5.91 Å². The van der Waals surface area contributed by atoms with Crippen LogP contribution in [0.5, 0.6) is 0 Å². The maximum atomic E-state index is 12.2. The van der Waals surface area contributed by atoms with Crippen molar-refractivity contribution in [3.8, 4) is 0 Å². The van der Waals surface area contributed by atoms with Crippen molar-refractivity contribution in [2.24, 2.45) is 5.92 Å². The maximum Gasteiger partial charge on any atom is 0.279 e. The van der Waals surface area contributed by atoms with Gasteiger partial charge >= 0.3 is 0 Å². The molecule has 2 aromatic heterocycles. The summed E-state index contributed by atoms with van der Waals surface area (Å²) in [6, 6.07) is 1.94. The number of rotatable bonds is 2. The highest BCUT2D eigenvalue weighted by molar-refractivity contribution is 7.14. The minimum Gasteiger partial charge on any atom is -0.361 e. The molecule has 0 radical (unpaired) electrons. The van der Waals surface area contributed by atoms with Crippen molar-refractivity contribution in [3.05, 3.63) is 38.4 Å². The Hall–Kier alpha value is -2.15. The van der Waals surface area contributed by atoms with Crippen LogP contribution < -0.4 is 10.9 Å². The quantitative estimate of drug-likeness (QED) is 0.827. The van der Waals surface area contributed by atoms with E-state index >= 15 is 0 Å². The Morgan fingerprint density at radius 2 is 2.04 bits per heavy atom. The molecule has 1 unspecified atom stereocenters. The average molecular weight is 333 g/mol. The van der Waals surface area contributed by atoms with Gasteiger partial charge in [0.1, 0.15) is 11.3 Å². The van der Waals surface area contributed by atoms with Crippen LogP contribution in [0.15, 0.2) is 10.6 Å². The third-order valence-electron chi connectivity index (χ3n) is 4.10. The minimum absolute atomic E-state index is 0.294. The molecule has 122 valence electrons. The predicted octanol–water partition coefficient (Wildman–Crippen LogP) is 2.55. The van der Waals surface area contributed by atoms with Crippen LogP contribution in [0.3, 0.4) is 0 Å². The monoisotopic (exact) mass is 333 g/mol. The fraction of sp³-hybridized carbons (Fsp3) is 0.438. The zero-order valence-electron chi connectivity index (χ0n) is 13.4. The molecule has 0 saturated heterocycles. The van der Waals surface area contributed by atoms with E-state index in [1.54, 1.807) is 13.8 Å². The number of aromatic nitrogens is 1. The van der Waals surface area contributed by atoms with Gasteiger partial charge in [-0.1, -0.05) is 12.1 Å². The summed E-state index contributed by atoms with van der Waals surface area (Å²) in [5.74, 6) is 0.365. The van der Waals surface area contributed by atoms with E-state index in [4.69, 9.17) is 4.52 Å². The number of nitrogens with one attached hydrogen (secondary N) is 2. The average Bonchev–Trinajstić information content (AvgIpc) is 3.07. The number of hydrazine groups is 1. The summed E-state index contributed by atoms with van der Waals surface area (Å²) < 4.78 is 4.95. The number of hydrogen-bond acceptors (Lipinski definition) is 5. The molecular weight excluding hydrogens is 314 g/mol. The standard InChI is InChI=1S/C16H19N3O3S/c1-8-4-5-12-11(6-8)7-13(23-12)15(20)17-18-16(21)14-9(2)19-22-10(14)3/h7-8H,4-6H2,1-3H3,(H,17,20)(H,18,21). The minimum atomic E-state index is -0.426. The van der Waals surface area contributed by atoms with Crippen molar-refractivity contribution >= 4 is 23.2 Å². The lowest BCUT2D eigenvalue weighted by Gasteiger charge is -2.16. The van der Waals surface area contributed by atoms with E-state index in [0.29, 0.717) is 27.8 Å². The molecule has 3 rings (SSSR count). The van der Waals surface area contributed by atoms with E-state index in [1.807, 2.05) is 6.07 Å². The zero-order valence-corrected chi connectivity index (χ0v) is 14.2. The lowest BCUT2D eigenvalue weighted by Crippen LogP contribution is -2.41. The predicted molar refractivity (Wildman–Crippen MR) is 86.4 cm³/mol. The number of nitrogens with zero attached hydrogens (tertiary/aromatic N) is 1. The summed E-state index contributed by atoms with van der Waals surface area (Å²) in [6.45, 7) is 5.57. The van der Waals surface area contributed by atoms with Crippen molar-refractivity contribution < 1.29 is 14.1 Å². The van der Waals surface area contributed by atoms with Crippen molar-refractivity contribution in [3.63, 3.8) is 0 Å². The molecule has 1 atom stereocenters. The van der Waals surface area contributed by atoms with E-state index in [1.165, 1.54) is 21.8 Å². The molecule has 0 bridgehead atoms. The van der Waals surface area contributed by atoms with Crippen LogP contribution in [-0.2, 0) is 12.8 Å². The molecule has 2 heterocycles. The van der Waals surface area contributed by atoms with Crippen molar-refractivity contribution in [1.82, 2.24) is 16.0 Å². The van der Waals surface area contributed by atoms with Gasteiger partial charge in [0.05, 0.1) is 10.6 Å². The van der Waals surface area contributed by atoms with Gasteiger partial charge in [-0.25, -0.2) is 0 Å². The normalized spacial score (nSPS) is 16.7. The van der Waals surface area contributed by atoms with Gasteiger partial charge in [0.15, 0.2) is 0 Å². The topological polar surface area (TPSA) is 84.2 Å². The van der Waals surface area contributed by atoms with Gasteiger partial charge in [0, 0.05) is 4.88 Å². The number of carbonyl (C=O) groups excluding carboxylic acids is 2. The van der Waals surface area contributed by atoms with Gasteiger partial charge in [-0.05, 0) is 50.7 Å². The maximum absolute atomic E-state index is 12.2. The Balaban J connectivity index is 1.65. The van der Waals surface area contributed by atoms with Crippen LogP contribution in [0.25, 0.3) is 0 Å². The van der Waals surface area contributed by atoms with Gasteiger partial charge < -0.3 is 4.52 Å².